The van der Waals surface area contributed by atoms with Gasteiger partial charge in [-0.1, -0.05) is 36.8 Å². The van der Waals surface area contributed by atoms with E-state index < -0.39 is 43.2 Å². The van der Waals surface area contributed by atoms with E-state index in [9.17, 15) is 30.0 Å². The Hall–Kier alpha value is -2.24. The summed E-state index contributed by atoms with van der Waals surface area (Å²) in [5, 5.41) is 44.2. The van der Waals surface area contributed by atoms with E-state index in [4.69, 9.17) is 9.47 Å². The molecule has 1 aliphatic rings. The number of benzene rings is 1. The fourth-order valence-electron chi connectivity index (χ4n) is 3.59. The van der Waals surface area contributed by atoms with Crippen LogP contribution in [-0.2, 0) is 20.9 Å². The summed E-state index contributed by atoms with van der Waals surface area (Å²) in [5.41, 5.74) is 0.923. The van der Waals surface area contributed by atoms with Gasteiger partial charge in [0, 0.05) is 19.5 Å². The Kier molecular flexibility index (Phi) is 12.1. The molecule has 1 aromatic rings. The number of carbonyl (C=O) groups excluding carboxylic acids is 2. The van der Waals surface area contributed by atoms with Crippen molar-refractivity contribution < 1.29 is 39.5 Å². The van der Waals surface area contributed by atoms with Crippen molar-refractivity contribution >= 4 is 12.0 Å². The fraction of sp³-hybridized carbons (Fsp3) is 0.652. The van der Waals surface area contributed by atoms with Crippen LogP contribution < -0.4 is 10.6 Å². The number of rotatable bonds is 13. The Morgan fingerprint density at radius 2 is 1.58 bits per heavy atom. The Balaban J connectivity index is 1.46. The zero-order chi connectivity index (χ0) is 24.1. The van der Waals surface area contributed by atoms with Crippen molar-refractivity contribution in [1.82, 2.24) is 10.6 Å². The monoisotopic (exact) mass is 468 g/mol. The van der Waals surface area contributed by atoms with Crippen molar-refractivity contribution in [3.63, 3.8) is 0 Å². The molecular formula is C23H36N2O8. The summed E-state index contributed by atoms with van der Waals surface area (Å²) in [6.07, 6.45) is -2.60. The minimum atomic E-state index is -1.38. The average molecular weight is 469 g/mol. The molecule has 0 bridgehead atoms. The number of alkyl carbamates (subject to hydrolysis) is 1. The maximum Gasteiger partial charge on any atom is 0.407 e. The maximum absolute atomic E-state index is 11.9. The van der Waals surface area contributed by atoms with E-state index in [2.05, 4.69) is 10.6 Å². The van der Waals surface area contributed by atoms with Gasteiger partial charge in [0.1, 0.15) is 31.0 Å². The van der Waals surface area contributed by atoms with Gasteiger partial charge < -0.3 is 40.5 Å². The lowest BCUT2D eigenvalue weighted by molar-refractivity contribution is -0.230. The lowest BCUT2D eigenvalue weighted by Gasteiger charge is -2.40. The van der Waals surface area contributed by atoms with Crippen molar-refractivity contribution in [2.24, 2.45) is 0 Å². The molecule has 0 saturated carbocycles. The van der Waals surface area contributed by atoms with E-state index in [0.29, 0.717) is 38.8 Å². The lowest BCUT2D eigenvalue weighted by atomic mass is 9.93. The molecule has 6 N–H and O–H groups in total. The highest BCUT2D eigenvalue weighted by Crippen LogP contribution is 2.23. The molecule has 0 spiro atoms. The van der Waals surface area contributed by atoms with Crippen molar-refractivity contribution in [2.75, 3.05) is 19.7 Å². The second kappa shape index (κ2) is 14.8. The number of ether oxygens (including phenoxy) is 2. The number of nitrogens with one attached hydrogen (secondary N) is 2. The Morgan fingerprint density at radius 1 is 0.879 bits per heavy atom. The van der Waals surface area contributed by atoms with E-state index >= 15 is 0 Å². The van der Waals surface area contributed by atoms with Crippen LogP contribution in [0.2, 0.25) is 0 Å². The largest absolute Gasteiger partial charge is 0.445 e. The summed E-state index contributed by atoms with van der Waals surface area (Å²) < 4.78 is 10.6. The summed E-state index contributed by atoms with van der Waals surface area (Å²) in [7, 11) is 0. The molecule has 1 saturated heterocycles. The molecule has 0 aliphatic carbocycles. The van der Waals surface area contributed by atoms with Crippen molar-refractivity contribution in [3.8, 4) is 0 Å². The third-order valence-electron chi connectivity index (χ3n) is 5.54. The molecule has 5 atom stereocenters. The first kappa shape index (κ1) is 27.0. The van der Waals surface area contributed by atoms with E-state index in [-0.39, 0.29) is 12.5 Å². The van der Waals surface area contributed by atoms with Gasteiger partial charge in [-0.3, -0.25) is 4.79 Å². The van der Waals surface area contributed by atoms with Gasteiger partial charge in [0.05, 0.1) is 12.7 Å². The average Bonchev–Trinajstić information content (AvgIpc) is 2.83. The SMILES string of the molecule is O=C(CCCCCNC(=O)OCc1ccccc1)NCCC[C@H]1O[C@H](CO)[C@@H](O)[C@H](O)[C@@H]1O. The number of aliphatic hydroxyl groups is 4. The van der Waals surface area contributed by atoms with Crippen molar-refractivity contribution in [3.05, 3.63) is 35.9 Å². The second-order valence-corrected chi connectivity index (χ2v) is 8.16. The molecule has 0 radical (unpaired) electrons. The van der Waals surface area contributed by atoms with Gasteiger partial charge in [0.25, 0.3) is 0 Å². The maximum atomic E-state index is 11.9. The smallest absolute Gasteiger partial charge is 0.407 e. The molecule has 1 heterocycles. The summed E-state index contributed by atoms with van der Waals surface area (Å²) in [6, 6.07) is 9.43. The Bertz CT molecular complexity index is 703. The van der Waals surface area contributed by atoms with Crippen molar-refractivity contribution in [1.29, 1.82) is 0 Å². The standard InChI is InChI=1S/C23H36N2O8/c26-14-18-21(29)22(30)20(28)17(33-18)10-7-13-24-19(27)11-5-2-6-12-25-23(31)32-15-16-8-3-1-4-9-16/h1,3-4,8-9,17-18,20-22,26,28-30H,2,5-7,10-15H2,(H,24,27)(H,25,31)/t17-,18-,20-,21-,22-/m1/s1. The van der Waals surface area contributed by atoms with Gasteiger partial charge in [-0.05, 0) is 31.2 Å². The number of carbonyl (C=O) groups is 2. The third kappa shape index (κ3) is 9.65. The van der Waals surface area contributed by atoms with Crippen LogP contribution in [-0.4, -0.2) is 82.6 Å². The number of amides is 2. The van der Waals surface area contributed by atoms with Crippen LogP contribution in [0.1, 0.15) is 44.1 Å². The van der Waals surface area contributed by atoms with E-state index in [1.807, 2.05) is 30.3 Å². The molecule has 33 heavy (non-hydrogen) atoms. The third-order valence-corrected chi connectivity index (χ3v) is 5.54. The Labute approximate surface area is 193 Å². The van der Waals surface area contributed by atoms with E-state index in [0.717, 1.165) is 18.4 Å². The molecule has 2 amide bonds. The second-order valence-electron chi connectivity index (χ2n) is 8.16. The van der Waals surface area contributed by atoms with Crippen LogP contribution in [0.5, 0.6) is 0 Å². The van der Waals surface area contributed by atoms with Crippen LogP contribution in [0, 0.1) is 0 Å². The number of unbranched alkanes of at least 4 members (excludes halogenated alkanes) is 2. The molecule has 1 fully saturated rings. The zero-order valence-electron chi connectivity index (χ0n) is 18.8. The molecular weight excluding hydrogens is 432 g/mol. The predicted molar refractivity (Wildman–Crippen MR) is 119 cm³/mol. The van der Waals surface area contributed by atoms with Gasteiger partial charge in [0.15, 0.2) is 0 Å². The fourth-order valence-corrected chi connectivity index (χ4v) is 3.59. The highest BCUT2D eigenvalue weighted by Gasteiger charge is 2.42. The molecule has 1 aliphatic heterocycles. The minimum Gasteiger partial charge on any atom is -0.445 e. The molecule has 2 rings (SSSR count). The van der Waals surface area contributed by atoms with Crippen molar-refractivity contribution in [2.45, 2.75) is 75.7 Å². The first-order valence-corrected chi connectivity index (χ1v) is 11.4. The molecule has 10 nitrogen and oxygen atoms in total. The Morgan fingerprint density at radius 3 is 2.30 bits per heavy atom. The molecule has 1 aromatic carbocycles. The van der Waals surface area contributed by atoms with Gasteiger partial charge in [-0.15, -0.1) is 0 Å². The highest BCUT2D eigenvalue weighted by atomic mass is 16.6. The lowest BCUT2D eigenvalue weighted by Crippen LogP contribution is -2.58. The topological polar surface area (TPSA) is 158 Å². The van der Waals surface area contributed by atoms with Gasteiger partial charge in [-0.25, -0.2) is 4.79 Å². The van der Waals surface area contributed by atoms with E-state index in [1.54, 1.807) is 0 Å². The molecule has 0 aromatic heterocycles. The summed E-state index contributed by atoms with van der Waals surface area (Å²) in [5.74, 6) is -0.0842. The van der Waals surface area contributed by atoms with Gasteiger partial charge in [0.2, 0.25) is 5.91 Å². The first-order chi connectivity index (χ1) is 15.9. The minimum absolute atomic E-state index is 0.0842. The summed E-state index contributed by atoms with van der Waals surface area (Å²) in [4.78, 5) is 23.6. The highest BCUT2D eigenvalue weighted by molar-refractivity contribution is 5.75. The normalized spacial score (nSPS) is 24.8. The quantitative estimate of drug-likeness (QED) is 0.224. The summed E-state index contributed by atoms with van der Waals surface area (Å²) in [6.45, 7) is 0.642. The number of hydrogen-bond acceptors (Lipinski definition) is 8. The summed E-state index contributed by atoms with van der Waals surface area (Å²) >= 11 is 0. The van der Waals surface area contributed by atoms with Crippen LogP contribution in [0.25, 0.3) is 0 Å². The number of aliphatic hydroxyl groups excluding tert-OH is 4. The van der Waals surface area contributed by atoms with Crippen LogP contribution in [0.4, 0.5) is 4.79 Å². The predicted octanol–water partition coefficient (Wildman–Crippen LogP) is 0.212. The van der Waals surface area contributed by atoms with Crippen LogP contribution in [0.3, 0.4) is 0 Å². The van der Waals surface area contributed by atoms with E-state index in [1.165, 1.54) is 0 Å². The molecule has 0 unspecified atom stereocenters. The zero-order valence-corrected chi connectivity index (χ0v) is 18.8. The first-order valence-electron chi connectivity index (χ1n) is 11.4. The van der Waals surface area contributed by atoms with Crippen LogP contribution in [0.15, 0.2) is 30.3 Å². The van der Waals surface area contributed by atoms with Gasteiger partial charge >= 0.3 is 6.09 Å². The molecule has 186 valence electrons. The van der Waals surface area contributed by atoms with Gasteiger partial charge in [-0.2, -0.15) is 0 Å². The number of hydrogen-bond donors (Lipinski definition) is 6. The molecule has 10 heteroatoms. The van der Waals surface area contributed by atoms with Crippen LogP contribution >= 0.6 is 0 Å².